The molecule has 3 aliphatic rings. The van der Waals surface area contributed by atoms with Crippen molar-refractivity contribution < 1.29 is 33.4 Å². The highest BCUT2D eigenvalue weighted by Gasteiger charge is 2.47. The first kappa shape index (κ1) is 20.2. The van der Waals surface area contributed by atoms with Gasteiger partial charge in [0, 0.05) is 13.1 Å². The normalized spacial score (nSPS) is 22.1. The van der Waals surface area contributed by atoms with Crippen LogP contribution in [0.3, 0.4) is 0 Å². The van der Waals surface area contributed by atoms with E-state index in [1.165, 1.54) is 4.90 Å². The number of likely N-dealkylation sites (tertiary alicyclic amines) is 1. The standard InChI is InChI=1S/C21H24N2O7/c24-18(22-10-13-5-6-16-17(9-13)30-12-29-16)11-28-19(25)7-8-23-20(26)14-3-1-2-4-15(14)21(23)27/h5-6,9,14-15H,1-4,7-8,10-12H2,(H,22,24)/t14-,15-/m0/s1. The van der Waals surface area contributed by atoms with Crippen molar-refractivity contribution in [3.05, 3.63) is 23.8 Å². The Hall–Kier alpha value is -3.10. The van der Waals surface area contributed by atoms with E-state index < -0.39 is 18.5 Å². The van der Waals surface area contributed by atoms with E-state index in [1.807, 2.05) is 6.07 Å². The first-order valence-electron chi connectivity index (χ1n) is 10.2. The third kappa shape index (κ3) is 4.24. The first-order valence-corrected chi connectivity index (χ1v) is 10.2. The summed E-state index contributed by atoms with van der Waals surface area (Å²) in [6.45, 7) is 0.0163. The van der Waals surface area contributed by atoms with Gasteiger partial charge < -0.3 is 19.5 Å². The molecular weight excluding hydrogens is 392 g/mol. The molecule has 2 atom stereocenters. The summed E-state index contributed by atoms with van der Waals surface area (Å²) in [5.74, 6) is -0.609. The van der Waals surface area contributed by atoms with Crippen molar-refractivity contribution in [2.75, 3.05) is 19.9 Å². The number of ether oxygens (including phenoxy) is 3. The number of fused-ring (bicyclic) bond motifs is 2. The molecule has 0 aromatic heterocycles. The number of hydrogen-bond acceptors (Lipinski definition) is 7. The number of carbonyl (C=O) groups excluding carboxylic acids is 4. The van der Waals surface area contributed by atoms with E-state index in [1.54, 1.807) is 12.1 Å². The number of esters is 1. The van der Waals surface area contributed by atoms with Crippen molar-refractivity contribution in [3.8, 4) is 11.5 Å². The minimum atomic E-state index is -0.622. The minimum absolute atomic E-state index is 0.00230. The summed E-state index contributed by atoms with van der Waals surface area (Å²) in [6.07, 6.45) is 3.26. The van der Waals surface area contributed by atoms with E-state index in [4.69, 9.17) is 14.2 Å². The summed E-state index contributed by atoms with van der Waals surface area (Å²) in [6, 6.07) is 5.35. The average molecular weight is 416 g/mol. The van der Waals surface area contributed by atoms with Crippen LogP contribution in [0.2, 0.25) is 0 Å². The van der Waals surface area contributed by atoms with E-state index >= 15 is 0 Å². The topological polar surface area (TPSA) is 111 Å². The molecule has 0 unspecified atom stereocenters. The minimum Gasteiger partial charge on any atom is -0.456 e. The predicted octanol–water partition coefficient (Wildman–Crippen LogP) is 1.14. The molecule has 3 amide bonds. The highest BCUT2D eigenvalue weighted by Crippen LogP contribution is 2.38. The van der Waals surface area contributed by atoms with Crippen LogP contribution in [0.25, 0.3) is 0 Å². The fraction of sp³-hybridized carbons (Fsp3) is 0.524. The van der Waals surface area contributed by atoms with Gasteiger partial charge in [-0.2, -0.15) is 0 Å². The maximum atomic E-state index is 12.4. The Bertz CT molecular complexity index is 845. The summed E-state index contributed by atoms with van der Waals surface area (Å²) in [4.78, 5) is 49.8. The first-order chi connectivity index (χ1) is 14.5. The zero-order valence-corrected chi connectivity index (χ0v) is 16.6. The second-order valence-electron chi connectivity index (χ2n) is 7.70. The van der Waals surface area contributed by atoms with Crippen molar-refractivity contribution in [1.29, 1.82) is 0 Å². The van der Waals surface area contributed by atoms with Crippen LogP contribution < -0.4 is 14.8 Å². The van der Waals surface area contributed by atoms with Gasteiger partial charge >= 0.3 is 5.97 Å². The highest BCUT2D eigenvalue weighted by atomic mass is 16.7. The van der Waals surface area contributed by atoms with Gasteiger partial charge in [0.2, 0.25) is 18.6 Å². The van der Waals surface area contributed by atoms with Gasteiger partial charge in [-0.15, -0.1) is 0 Å². The molecule has 1 aromatic carbocycles. The number of imide groups is 1. The summed E-state index contributed by atoms with van der Waals surface area (Å²) >= 11 is 0. The highest BCUT2D eigenvalue weighted by molar-refractivity contribution is 6.05. The van der Waals surface area contributed by atoms with Gasteiger partial charge in [0.05, 0.1) is 18.3 Å². The molecule has 1 aliphatic carbocycles. The molecule has 0 spiro atoms. The van der Waals surface area contributed by atoms with Crippen LogP contribution in [0.1, 0.15) is 37.7 Å². The smallest absolute Gasteiger partial charge is 0.308 e. The molecule has 0 radical (unpaired) electrons. The summed E-state index contributed by atoms with van der Waals surface area (Å²) < 4.78 is 15.5. The monoisotopic (exact) mass is 416 g/mol. The van der Waals surface area contributed by atoms with Gasteiger partial charge in [0.1, 0.15) is 0 Å². The molecular formula is C21H24N2O7. The molecule has 1 aromatic rings. The molecule has 9 heteroatoms. The van der Waals surface area contributed by atoms with Crippen molar-refractivity contribution in [2.24, 2.45) is 11.8 Å². The maximum absolute atomic E-state index is 12.4. The Labute approximate surface area is 173 Å². The van der Waals surface area contributed by atoms with Crippen molar-refractivity contribution >= 4 is 23.7 Å². The molecule has 1 N–H and O–H groups in total. The molecule has 9 nitrogen and oxygen atoms in total. The number of hydrogen-bond donors (Lipinski definition) is 1. The number of benzene rings is 1. The third-order valence-electron chi connectivity index (χ3n) is 5.76. The fourth-order valence-corrected chi connectivity index (χ4v) is 4.18. The van der Waals surface area contributed by atoms with Crippen LogP contribution in [0, 0.1) is 11.8 Å². The van der Waals surface area contributed by atoms with Crippen molar-refractivity contribution in [2.45, 2.75) is 38.6 Å². The summed E-state index contributed by atoms with van der Waals surface area (Å²) in [7, 11) is 0. The van der Waals surface area contributed by atoms with Crippen LogP contribution in [0.15, 0.2) is 18.2 Å². The summed E-state index contributed by atoms with van der Waals surface area (Å²) in [5, 5.41) is 2.66. The molecule has 2 heterocycles. The van der Waals surface area contributed by atoms with E-state index in [-0.39, 0.29) is 50.0 Å². The lowest BCUT2D eigenvalue weighted by Gasteiger charge is -2.19. The van der Waals surface area contributed by atoms with Crippen molar-refractivity contribution in [3.63, 3.8) is 0 Å². The third-order valence-corrected chi connectivity index (χ3v) is 5.76. The van der Waals surface area contributed by atoms with Crippen LogP contribution in [0.5, 0.6) is 11.5 Å². The number of rotatable bonds is 7. The lowest BCUT2D eigenvalue weighted by Crippen LogP contribution is -2.34. The van der Waals surface area contributed by atoms with Crippen molar-refractivity contribution in [1.82, 2.24) is 10.2 Å². The summed E-state index contributed by atoms with van der Waals surface area (Å²) in [5.41, 5.74) is 0.825. The second kappa shape index (κ2) is 8.73. The van der Waals surface area contributed by atoms with E-state index in [2.05, 4.69) is 5.32 Å². The van der Waals surface area contributed by atoms with E-state index in [0.29, 0.717) is 11.5 Å². The van der Waals surface area contributed by atoms with Gasteiger partial charge in [-0.1, -0.05) is 18.9 Å². The number of carbonyl (C=O) groups is 4. The molecule has 1 saturated carbocycles. The Balaban J connectivity index is 1.17. The molecule has 2 aliphatic heterocycles. The average Bonchev–Trinajstić information content (AvgIpc) is 3.32. The van der Waals surface area contributed by atoms with Gasteiger partial charge in [-0.05, 0) is 30.5 Å². The quantitative estimate of drug-likeness (QED) is 0.524. The Kier molecular flexibility index (Phi) is 5.87. The van der Waals surface area contributed by atoms with Gasteiger partial charge in [-0.3, -0.25) is 24.1 Å². The predicted molar refractivity (Wildman–Crippen MR) is 102 cm³/mol. The number of nitrogens with zero attached hydrogens (tertiary/aromatic N) is 1. The molecule has 0 bridgehead atoms. The SMILES string of the molecule is O=C(COC(=O)CCN1C(=O)[C@H]2CCCC[C@@H]2C1=O)NCc1ccc2c(c1)OCO2. The maximum Gasteiger partial charge on any atom is 0.308 e. The van der Waals surface area contributed by atoms with E-state index in [9.17, 15) is 19.2 Å². The fourth-order valence-electron chi connectivity index (χ4n) is 4.18. The molecule has 30 heavy (non-hydrogen) atoms. The Morgan fingerprint density at radius 3 is 2.50 bits per heavy atom. The zero-order chi connectivity index (χ0) is 21.1. The number of amides is 3. The van der Waals surface area contributed by atoms with Crippen LogP contribution in [-0.4, -0.2) is 48.5 Å². The second-order valence-corrected chi connectivity index (χ2v) is 7.70. The van der Waals surface area contributed by atoms with Crippen LogP contribution >= 0.6 is 0 Å². The molecule has 160 valence electrons. The molecule has 4 rings (SSSR count). The lowest BCUT2D eigenvalue weighted by atomic mass is 9.81. The van der Waals surface area contributed by atoms with Gasteiger partial charge in [-0.25, -0.2) is 0 Å². The lowest BCUT2D eigenvalue weighted by molar-refractivity contribution is -0.150. The molecule has 1 saturated heterocycles. The number of nitrogens with one attached hydrogen (secondary N) is 1. The van der Waals surface area contributed by atoms with Gasteiger partial charge in [0.25, 0.3) is 5.91 Å². The Morgan fingerprint density at radius 1 is 1.07 bits per heavy atom. The zero-order valence-electron chi connectivity index (χ0n) is 16.6. The van der Waals surface area contributed by atoms with Crippen LogP contribution in [0.4, 0.5) is 0 Å². The van der Waals surface area contributed by atoms with E-state index in [0.717, 1.165) is 31.2 Å². The van der Waals surface area contributed by atoms with Gasteiger partial charge in [0.15, 0.2) is 18.1 Å². The largest absolute Gasteiger partial charge is 0.456 e. The Morgan fingerprint density at radius 2 is 1.77 bits per heavy atom. The van der Waals surface area contributed by atoms with Crippen LogP contribution in [-0.2, 0) is 30.5 Å². The molecule has 2 fully saturated rings.